The number of piperazine rings is 1. The van der Waals surface area contributed by atoms with Crippen LogP contribution < -0.4 is 30.9 Å². The van der Waals surface area contributed by atoms with Crippen LogP contribution in [0.5, 0.6) is 5.75 Å². The van der Waals surface area contributed by atoms with Crippen LogP contribution in [0.1, 0.15) is 18.4 Å². The second kappa shape index (κ2) is 18.1. The van der Waals surface area contributed by atoms with E-state index in [1.54, 1.807) is 47.2 Å². The number of benzene rings is 3. The number of nitrogens with one attached hydrogen (secondary N) is 4. The van der Waals surface area contributed by atoms with Gasteiger partial charge < -0.3 is 40.7 Å². The molecule has 0 bridgehead atoms. The number of anilines is 2. The van der Waals surface area contributed by atoms with E-state index in [1.165, 1.54) is 0 Å². The summed E-state index contributed by atoms with van der Waals surface area (Å²) in [4.78, 5) is 59.0. The van der Waals surface area contributed by atoms with Crippen LogP contribution in [-0.2, 0) is 25.6 Å². The molecule has 0 aliphatic carbocycles. The van der Waals surface area contributed by atoms with Gasteiger partial charge >= 0.3 is 0 Å². The van der Waals surface area contributed by atoms with Gasteiger partial charge in [-0.3, -0.25) is 19.2 Å². The minimum atomic E-state index is -0.939. The standard InChI is InChI=1S/C36H41Cl2N7O5S/c1-50-26-14-12-25(13-15-26)41-36(51)40-22-31(46)39-23-32(47)42-28(21-24-7-3-2-4-8-24)34(48)45-16-6-11-30(45)35(49)44-19-17-43(18-20-44)29-10-5-9-27(37)33(29)38/h2-5,7-10,12-15,28,30H,6,11,16-23H2,1H3,(H,39,46)(H,42,47)(H2,40,41,51)/t28-,30-/m0/s1. The molecular weight excluding hydrogens is 713 g/mol. The van der Waals surface area contributed by atoms with Gasteiger partial charge in [0.1, 0.15) is 17.8 Å². The summed E-state index contributed by atoms with van der Waals surface area (Å²) < 4.78 is 5.14. The number of methoxy groups -OCH3 is 1. The Morgan fingerprint density at radius 2 is 1.57 bits per heavy atom. The van der Waals surface area contributed by atoms with Gasteiger partial charge in [-0.2, -0.15) is 0 Å². The number of hydrogen-bond donors (Lipinski definition) is 4. The van der Waals surface area contributed by atoms with Gasteiger partial charge in [0.25, 0.3) is 0 Å². The van der Waals surface area contributed by atoms with Crippen LogP contribution in [-0.4, -0.2) is 104 Å². The van der Waals surface area contributed by atoms with Gasteiger partial charge in [-0.25, -0.2) is 0 Å². The second-order valence-electron chi connectivity index (χ2n) is 12.2. The fraction of sp³-hybridized carbons (Fsp3) is 0.361. The molecule has 0 spiro atoms. The summed E-state index contributed by atoms with van der Waals surface area (Å²) in [6.07, 6.45) is 1.43. The Labute approximate surface area is 312 Å². The molecule has 2 atom stereocenters. The monoisotopic (exact) mass is 753 g/mol. The number of ether oxygens (including phenoxy) is 1. The molecular formula is C36H41Cl2N7O5S. The molecule has 4 amide bonds. The molecule has 5 rings (SSSR count). The van der Waals surface area contributed by atoms with Crippen LogP contribution in [0.4, 0.5) is 11.4 Å². The van der Waals surface area contributed by atoms with E-state index in [1.807, 2.05) is 42.5 Å². The predicted octanol–water partition coefficient (Wildman–Crippen LogP) is 3.47. The van der Waals surface area contributed by atoms with Crippen LogP contribution in [0, 0.1) is 0 Å². The molecule has 0 aromatic heterocycles. The fourth-order valence-electron chi connectivity index (χ4n) is 6.15. The van der Waals surface area contributed by atoms with Crippen molar-refractivity contribution in [3.05, 3.63) is 88.4 Å². The Kier molecular flexibility index (Phi) is 13.3. The van der Waals surface area contributed by atoms with Crippen molar-refractivity contribution in [2.24, 2.45) is 0 Å². The fourth-order valence-corrected chi connectivity index (χ4v) is 6.75. The smallest absolute Gasteiger partial charge is 0.246 e. The first-order valence-corrected chi connectivity index (χ1v) is 17.9. The van der Waals surface area contributed by atoms with Crippen molar-refractivity contribution < 1.29 is 23.9 Å². The van der Waals surface area contributed by atoms with Crippen molar-refractivity contribution in [3.63, 3.8) is 0 Å². The maximum Gasteiger partial charge on any atom is 0.246 e. The van der Waals surface area contributed by atoms with Crippen molar-refractivity contribution >= 4 is 75.5 Å². The van der Waals surface area contributed by atoms with Crippen molar-refractivity contribution in [2.45, 2.75) is 31.3 Å². The molecule has 51 heavy (non-hydrogen) atoms. The second-order valence-corrected chi connectivity index (χ2v) is 13.4. The summed E-state index contributed by atoms with van der Waals surface area (Å²) in [5.41, 5.74) is 2.39. The summed E-state index contributed by atoms with van der Waals surface area (Å²) >= 11 is 17.9. The Morgan fingerprint density at radius 3 is 2.27 bits per heavy atom. The molecule has 4 N–H and O–H groups in total. The molecule has 3 aromatic rings. The normalized spacial score (nSPS) is 16.2. The Bertz CT molecular complexity index is 1710. The lowest BCUT2D eigenvalue weighted by atomic mass is 10.0. The van der Waals surface area contributed by atoms with Gasteiger partial charge in [-0.1, -0.05) is 59.6 Å². The van der Waals surface area contributed by atoms with Gasteiger partial charge in [0.2, 0.25) is 23.6 Å². The minimum Gasteiger partial charge on any atom is -0.497 e. The number of likely N-dealkylation sites (tertiary alicyclic amines) is 1. The lowest BCUT2D eigenvalue weighted by molar-refractivity contribution is -0.145. The topological polar surface area (TPSA) is 135 Å². The Morgan fingerprint density at radius 1 is 0.863 bits per heavy atom. The summed E-state index contributed by atoms with van der Waals surface area (Å²) in [6, 6.07) is 20.4. The molecule has 0 unspecified atom stereocenters. The minimum absolute atomic E-state index is 0.110. The zero-order chi connectivity index (χ0) is 36.3. The average molecular weight is 755 g/mol. The first-order chi connectivity index (χ1) is 24.6. The van der Waals surface area contributed by atoms with E-state index < -0.39 is 23.9 Å². The largest absolute Gasteiger partial charge is 0.497 e. The van der Waals surface area contributed by atoms with Crippen molar-refractivity contribution in [2.75, 3.05) is 63.1 Å². The van der Waals surface area contributed by atoms with Crippen molar-refractivity contribution in [1.82, 2.24) is 25.8 Å². The molecule has 0 radical (unpaired) electrons. The molecule has 0 saturated carbocycles. The maximum absolute atomic E-state index is 14.1. The number of amides is 4. The highest BCUT2D eigenvalue weighted by atomic mass is 35.5. The van der Waals surface area contributed by atoms with Gasteiger partial charge in [0.15, 0.2) is 5.11 Å². The molecule has 2 fully saturated rings. The van der Waals surface area contributed by atoms with E-state index in [0.717, 1.165) is 11.3 Å². The highest BCUT2D eigenvalue weighted by Gasteiger charge is 2.40. The number of halogens is 2. The summed E-state index contributed by atoms with van der Waals surface area (Å²) in [5.74, 6) is -0.741. The molecule has 15 heteroatoms. The highest BCUT2D eigenvalue weighted by molar-refractivity contribution is 7.80. The Hall–Kier alpha value is -4.59. The number of carbonyl (C=O) groups excluding carboxylic acids is 4. The summed E-state index contributed by atoms with van der Waals surface area (Å²) in [7, 11) is 1.58. The highest BCUT2D eigenvalue weighted by Crippen LogP contribution is 2.33. The van der Waals surface area contributed by atoms with Gasteiger partial charge in [-0.15, -0.1) is 0 Å². The molecule has 3 aromatic carbocycles. The number of hydrogen-bond acceptors (Lipinski definition) is 7. The first kappa shape index (κ1) is 37.7. The van der Waals surface area contributed by atoms with E-state index in [0.29, 0.717) is 67.0 Å². The van der Waals surface area contributed by atoms with Gasteiger partial charge in [0, 0.05) is 44.8 Å². The van der Waals surface area contributed by atoms with E-state index in [-0.39, 0.29) is 36.4 Å². The van der Waals surface area contributed by atoms with Crippen LogP contribution in [0.25, 0.3) is 0 Å². The third-order valence-electron chi connectivity index (χ3n) is 8.80. The van der Waals surface area contributed by atoms with Crippen LogP contribution in [0.2, 0.25) is 10.0 Å². The predicted molar refractivity (Wildman–Crippen MR) is 202 cm³/mol. The van der Waals surface area contributed by atoms with E-state index in [4.69, 9.17) is 40.2 Å². The van der Waals surface area contributed by atoms with Crippen molar-refractivity contribution in [3.8, 4) is 5.75 Å². The summed E-state index contributed by atoms with van der Waals surface area (Å²) in [5, 5.41) is 12.3. The summed E-state index contributed by atoms with van der Waals surface area (Å²) in [6.45, 7) is 1.99. The SMILES string of the molecule is COc1ccc(NC(=S)NCC(=O)NCC(=O)N[C@@H](Cc2ccccc2)C(=O)N2CCC[C@H]2C(=O)N2CCN(c3cccc(Cl)c3Cl)CC2)cc1. The molecule has 270 valence electrons. The molecule has 2 saturated heterocycles. The first-order valence-electron chi connectivity index (χ1n) is 16.7. The van der Waals surface area contributed by atoms with Crippen LogP contribution >= 0.6 is 35.4 Å². The van der Waals surface area contributed by atoms with E-state index >= 15 is 0 Å². The lowest BCUT2D eigenvalue weighted by Crippen LogP contribution is -2.58. The number of thiocarbonyl (C=S) groups is 1. The quantitative estimate of drug-likeness (QED) is 0.205. The van der Waals surface area contributed by atoms with Gasteiger partial charge in [0.05, 0.1) is 35.9 Å². The van der Waals surface area contributed by atoms with Crippen LogP contribution in [0.3, 0.4) is 0 Å². The zero-order valence-electron chi connectivity index (χ0n) is 28.2. The van der Waals surface area contributed by atoms with E-state index in [2.05, 4.69) is 26.2 Å². The number of nitrogens with zero attached hydrogens (tertiary/aromatic N) is 3. The lowest BCUT2D eigenvalue weighted by Gasteiger charge is -2.39. The maximum atomic E-state index is 14.1. The molecule has 2 aliphatic heterocycles. The zero-order valence-corrected chi connectivity index (χ0v) is 30.5. The molecule has 2 heterocycles. The third-order valence-corrected chi connectivity index (χ3v) is 9.86. The van der Waals surface area contributed by atoms with Crippen molar-refractivity contribution in [1.29, 1.82) is 0 Å². The third kappa shape index (κ3) is 10.2. The van der Waals surface area contributed by atoms with Gasteiger partial charge in [-0.05, 0) is 67.0 Å². The number of carbonyl (C=O) groups is 4. The molecule has 12 nitrogen and oxygen atoms in total. The number of rotatable bonds is 12. The molecule has 2 aliphatic rings. The Balaban J connectivity index is 1.15. The van der Waals surface area contributed by atoms with E-state index in [9.17, 15) is 19.2 Å². The average Bonchev–Trinajstić information content (AvgIpc) is 3.64. The van der Waals surface area contributed by atoms with Crippen LogP contribution in [0.15, 0.2) is 72.8 Å².